The van der Waals surface area contributed by atoms with Gasteiger partial charge in [0.25, 0.3) is 0 Å². The van der Waals surface area contributed by atoms with Gasteiger partial charge in [-0.2, -0.15) is 0 Å². The summed E-state index contributed by atoms with van der Waals surface area (Å²) in [5, 5.41) is 3.28. The molecule has 0 spiro atoms. The Morgan fingerprint density at radius 3 is 2.50 bits per heavy atom. The number of halogens is 2. The third kappa shape index (κ3) is 1.88. The first-order chi connectivity index (χ1) is 8.69. The van der Waals surface area contributed by atoms with E-state index in [0.717, 1.165) is 25.8 Å². The van der Waals surface area contributed by atoms with E-state index in [0.29, 0.717) is 0 Å². The SMILES string of the molecule is COc1ccc2c(c1)[As](Cl)c1cc(F)ccc1N2. The fraction of sp³-hybridized carbons (Fsp3) is 0.0769. The molecule has 1 aliphatic heterocycles. The van der Waals surface area contributed by atoms with Crippen LogP contribution >= 0.6 is 9.95 Å². The second-order valence-electron chi connectivity index (χ2n) is 3.95. The van der Waals surface area contributed by atoms with Gasteiger partial charge in [-0.3, -0.25) is 0 Å². The fourth-order valence-electron chi connectivity index (χ4n) is 1.95. The number of nitrogens with one attached hydrogen (secondary N) is 1. The van der Waals surface area contributed by atoms with Gasteiger partial charge in [-0.1, -0.05) is 0 Å². The van der Waals surface area contributed by atoms with Crippen LogP contribution in [0.1, 0.15) is 0 Å². The predicted octanol–water partition coefficient (Wildman–Crippen LogP) is 2.24. The molecule has 2 aromatic rings. The maximum atomic E-state index is 13.3. The topological polar surface area (TPSA) is 21.3 Å². The van der Waals surface area contributed by atoms with Gasteiger partial charge in [0.05, 0.1) is 0 Å². The predicted molar refractivity (Wildman–Crippen MR) is 73.6 cm³/mol. The van der Waals surface area contributed by atoms with Crippen LogP contribution in [-0.2, 0) is 0 Å². The number of rotatable bonds is 1. The van der Waals surface area contributed by atoms with Crippen molar-refractivity contribution >= 4 is 43.7 Å². The first kappa shape index (κ1) is 11.9. The van der Waals surface area contributed by atoms with Crippen LogP contribution in [-0.4, -0.2) is 20.8 Å². The third-order valence-corrected chi connectivity index (χ3v) is 8.08. The monoisotopic (exact) mass is 325 g/mol. The van der Waals surface area contributed by atoms with Crippen molar-refractivity contribution in [3.63, 3.8) is 0 Å². The molecule has 1 atom stereocenters. The van der Waals surface area contributed by atoms with Crippen LogP contribution in [0, 0.1) is 5.82 Å². The van der Waals surface area contributed by atoms with Gasteiger partial charge < -0.3 is 0 Å². The van der Waals surface area contributed by atoms with E-state index in [1.807, 2.05) is 18.2 Å². The summed E-state index contributed by atoms with van der Waals surface area (Å²) in [6.07, 6.45) is 0. The van der Waals surface area contributed by atoms with Gasteiger partial charge in [0.15, 0.2) is 0 Å². The Balaban J connectivity index is 2.13. The molecule has 0 aromatic heterocycles. The van der Waals surface area contributed by atoms with Crippen LogP contribution in [0.25, 0.3) is 0 Å². The molecule has 5 heteroatoms. The quantitative estimate of drug-likeness (QED) is 0.812. The molecule has 1 aliphatic rings. The second-order valence-corrected chi connectivity index (χ2v) is 8.91. The summed E-state index contributed by atoms with van der Waals surface area (Å²) in [5.74, 6) is 0.525. The molecule has 3 rings (SSSR count). The van der Waals surface area contributed by atoms with Crippen LogP contribution in [0.2, 0.25) is 0 Å². The first-order valence-corrected chi connectivity index (χ1v) is 9.74. The molecule has 0 saturated carbocycles. The molecule has 1 heterocycles. The van der Waals surface area contributed by atoms with Crippen molar-refractivity contribution < 1.29 is 9.13 Å². The summed E-state index contributed by atoms with van der Waals surface area (Å²) in [6.45, 7) is 0. The van der Waals surface area contributed by atoms with E-state index in [9.17, 15) is 4.39 Å². The van der Waals surface area contributed by atoms with Crippen LogP contribution in [0.3, 0.4) is 0 Å². The first-order valence-electron chi connectivity index (χ1n) is 5.39. The molecule has 0 radical (unpaired) electrons. The molecule has 1 N–H and O–H groups in total. The van der Waals surface area contributed by atoms with E-state index >= 15 is 0 Å². The molecule has 0 bridgehead atoms. The van der Waals surface area contributed by atoms with Crippen molar-refractivity contribution in [2.45, 2.75) is 0 Å². The molecule has 2 aromatic carbocycles. The van der Waals surface area contributed by atoms with Gasteiger partial charge in [0.2, 0.25) is 0 Å². The molecule has 0 aliphatic carbocycles. The van der Waals surface area contributed by atoms with Crippen LogP contribution in [0.15, 0.2) is 36.4 Å². The summed E-state index contributed by atoms with van der Waals surface area (Å²) >= 11 is -1.95. The van der Waals surface area contributed by atoms with Gasteiger partial charge in [0.1, 0.15) is 0 Å². The number of ether oxygens (including phenoxy) is 1. The van der Waals surface area contributed by atoms with Crippen LogP contribution in [0.5, 0.6) is 5.75 Å². The summed E-state index contributed by atoms with van der Waals surface area (Å²) in [4.78, 5) is 0. The molecule has 0 fully saturated rings. The fourth-order valence-corrected chi connectivity index (χ4v) is 6.39. The molecule has 92 valence electrons. The van der Waals surface area contributed by atoms with Crippen LogP contribution < -0.4 is 18.8 Å². The number of benzene rings is 2. The van der Waals surface area contributed by atoms with E-state index in [2.05, 4.69) is 5.32 Å². The van der Waals surface area contributed by atoms with E-state index in [-0.39, 0.29) is 5.82 Å². The molecule has 0 amide bonds. The van der Waals surface area contributed by atoms with Gasteiger partial charge in [-0.25, -0.2) is 0 Å². The van der Waals surface area contributed by atoms with E-state index in [4.69, 9.17) is 14.7 Å². The molecule has 1 unspecified atom stereocenters. The van der Waals surface area contributed by atoms with Gasteiger partial charge >= 0.3 is 113 Å². The Morgan fingerprint density at radius 2 is 1.78 bits per heavy atom. The maximum absolute atomic E-state index is 13.3. The zero-order chi connectivity index (χ0) is 12.7. The number of fused-ring (bicyclic) bond motifs is 2. The number of hydrogen-bond donors (Lipinski definition) is 1. The number of anilines is 2. The average molecular weight is 326 g/mol. The molecule has 0 saturated heterocycles. The van der Waals surface area contributed by atoms with E-state index in [1.54, 1.807) is 13.2 Å². The second kappa shape index (κ2) is 4.49. The van der Waals surface area contributed by atoms with Crippen molar-refractivity contribution in [3.05, 3.63) is 42.2 Å². The van der Waals surface area contributed by atoms with Gasteiger partial charge in [-0.15, -0.1) is 0 Å². The van der Waals surface area contributed by atoms with Gasteiger partial charge in [0, 0.05) is 0 Å². The number of methoxy groups -OCH3 is 1. The Morgan fingerprint density at radius 1 is 1.11 bits per heavy atom. The summed E-state index contributed by atoms with van der Waals surface area (Å²) in [5.41, 5.74) is 1.90. The zero-order valence-electron chi connectivity index (χ0n) is 9.58. The van der Waals surface area contributed by atoms with Crippen molar-refractivity contribution in [1.29, 1.82) is 0 Å². The Bertz CT molecular complexity index is 620. The zero-order valence-corrected chi connectivity index (χ0v) is 12.2. The van der Waals surface area contributed by atoms with Gasteiger partial charge in [-0.05, 0) is 0 Å². The minimum absolute atomic E-state index is 0.248. The third-order valence-electron chi connectivity index (χ3n) is 2.86. The van der Waals surface area contributed by atoms with E-state index in [1.165, 1.54) is 12.1 Å². The van der Waals surface area contributed by atoms with E-state index < -0.39 is 13.7 Å². The van der Waals surface area contributed by atoms with Crippen molar-refractivity contribution in [2.24, 2.45) is 0 Å². The molecule has 2 nitrogen and oxygen atoms in total. The Kier molecular flexibility index (Phi) is 2.96. The average Bonchev–Trinajstić information content (AvgIpc) is 2.40. The Labute approximate surface area is 113 Å². The minimum atomic E-state index is -1.95. The van der Waals surface area contributed by atoms with Crippen LogP contribution in [0.4, 0.5) is 15.8 Å². The molecule has 18 heavy (non-hydrogen) atoms. The van der Waals surface area contributed by atoms with Crippen molar-refractivity contribution in [2.75, 3.05) is 12.4 Å². The number of hydrogen-bond acceptors (Lipinski definition) is 2. The van der Waals surface area contributed by atoms with Crippen molar-refractivity contribution in [1.82, 2.24) is 0 Å². The normalized spacial score (nSPS) is 16.5. The molecular formula is C13H10AsClFNO. The van der Waals surface area contributed by atoms with Crippen molar-refractivity contribution in [3.8, 4) is 5.75 Å². The summed E-state index contributed by atoms with van der Waals surface area (Å²) in [6, 6.07) is 10.5. The summed E-state index contributed by atoms with van der Waals surface area (Å²) in [7, 11) is 8.18. The standard InChI is InChI=1S/C13H10AsClFNO/c1-18-9-3-5-13-11(7-9)14(15)10-6-8(16)2-4-12(10)17-13/h2-7,17H,1H3. The molecular weight excluding hydrogens is 316 g/mol. The summed E-state index contributed by atoms with van der Waals surface area (Å²) < 4.78 is 20.4. The Hall–Kier alpha value is -1.18.